The van der Waals surface area contributed by atoms with Gasteiger partial charge in [0.25, 0.3) is 0 Å². The Morgan fingerprint density at radius 3 is 2.48 bits per heavy atom. The van der Waals surface area contributed by atoms with Crippen LogP contribution in [-0.4, -0.2) is 27.2 Å². The normalized spacial score (nSPS) is 12.8. The molecule has 0 aliphatic rings. The smallest absolute Gasteiger partial charge is 0.240 e. The van der Waals surface area contributed by atoms with Gasteiger partial charge in [0.1, 0.15) is 5.75 Å². The van der Waals surface area contributed by atoms with Crippen LogP contribution in [0.3, 0.4) is 0 Å². The minimum Gasteiger partial charge on any atom is -0.496 e. The van der Waals surface area contributed by atoms with Gasteiger partial charge in [-0.2, -0.15) is 0 Å². The van der Waals surface area contributed by atoms with Crippen molar-refractivity contribution in [3.63, 3.8) is 0 Å². The molecule has 0 radical (unpaired) electrons. The molecule has 2 rings (SSSR count). The summed E-state index contributed by atoms with van der Waals surface area (Å²) in [6.45, 7) is 1.94. The molecular formula is C17H21NO4S. The van der Waals surface area contributed by atoms with Gasteiger partial charge in [-0.1, -0.05) is 30.3 Å². The number of nitrogens with one attached hydrogen (secondary N) is 1. The molecule has 1 unspecified atom stereocenters. The Balaban J connectivity index is 1.98. The number of hydrogen-bond acceptors (Lipinski definition) is 4. The second kappa shape index (κ2) is 7.59. The van der Waals surface area contributed by atoms with Crippen LogP contribution in [0.25, 0.3) is 0 Å². The Hall–Kier alpha value is -1.89. The second-order valence-corrected chi connectivity index (χ2v) is 7.01. The van der Waals surface area contributed by atoms with Crippen molar-refractivity contribution in [2.75, 3.05) is 13.7 Å². The number of aryl methyl sites for hydroxylation is 1. The Labute approximate surface area is 137 Å². The number of aliphatic hydroxyl groups is 1. The quantitative estimate of drug-likeness (QED) is 0.815. The van der Waals surface area contributed by atoms with E-state index in [0.717, 1.165) is 11.1 Å². The summed E-state index contributed by atoms with van der Waals surface area (Å²) in [7, 11) is -2.06. The van der Waals surface area contributed by atoms with Crippen LogP contribution in [0.1, 0.15) is 23.7 Å². The fourth-order valence-corrected chi connectivity index (χ4v) is 3.41. The summed E-state index contributed by atoms with van der Waals surface area (Å²) in [6, 6.07) is 13.9. The van der Waals surface area contributed by atoms with E-state index < -0.39 is 16.1 Å². The molecule has 124 valence electrons. The summed E-state index contributed by atoms with van der Waals surface area (Å²) in [5.41, 5.74) is 1.52. The molecule has 0 aromatic heterocycles. The van der Waals surface area contributed by atoms with E-state index in [1.54, 1.807) is 26.2 Å². The van der Waals surface area contributed by atoms with E-state index in [1.807, 2.05) is 30.3 Å². The maximum Gasteiger partial charge on any atom is 0.240 e. The first kappa shape index (κ1) is 17.5. The van der Waals surface area contributed by atoms with Gasteiger partial charge in [-0.3, -0.25) is 0 Å². The molecule has 1 atom stereocenters. The number of rotatable bonds is 7. The van der Waals surface area contributed by atoms with Crippen LogP contribution in [-0.2, 0) is 10.0 Å². The fourth-order valence-electron chi connectivity index (χ4n) is 2.27. The topological polar surface area (TPSA) is 75.6 Å². The number of benzene rings is 2. The summed E-state index contributed by atoms with van der Waals surface area (Å²) in [4.78, 5) is 0.185. The largest absolute Gasteiger partial charge is 0.496 e. The predicted molar refractivity (Wildman–Crippen MR) is 88.9 cm³/mol. The van der Waals surface area contributed by atoms with Gasteiger partial charge < -0.3 is 9.84 Å². The van der Waals surface area contributed by atoms with Crippen molar-refractivity contribution in [1.82, 2.24) is 4.72 Å². The van der Waals surface area contributed by atoms with Crippen molar-refractivity contribution in [3.8, 4) is 5.75 Å². The van der Waals surface area contributed by atoms with Gasteiger partial charge in [0.05, 0.1) is 18.1 Å². The standard InChI is InChI=1S/C17H21NO4S/c1-13-12-15(8-9-17(13)22-2)23(20,21)18-11-10-16(19)14-6-4-3-5-7-14/h3-9,12,16,18-19H,10-11H2,1-2H3. The third-order valence-electron chi connectivity index (χ3n) is 3.57. The fraction of sp³-hybridized carbons (Fsp3) is 0.294. The number of hydrogen-bond donors (Lipinski definition) is 2. The van der Waals surface area contributed by atoms with E-state index in [1.165, 1.54) is 6.07 Å². The molecule has 0 fully saturated rings. The number of aliphatic hydroxyl groups excluding tert-OH is 1. The highest BCUT2D eigenvalue weighted by Crippen LogP contribution is 2.21. The van der Waals surface area contributed by atoms with Crippen LogP contribution in [0.2, 0.25) is 0 Å². The average molecular weight is 335 g/mol. The lowest BCUT2D eigenvalue weighted by Gasteiger charge is -2.12. The summed E-state index contributed by atoms with van der Waals surface area (Å²) in [5, 5.41) is 10.0. The van der Waals surface area contributed by atoms with Crippen LogP contribution < -0.4 is 9.46 Å². The van der Waals surface area contributed by atoms with Crippen LogP contribution >= 0.6 is 0 Å². The molecule has 0 saturated carbocycles. The number of methoxy groups -OCH3 is 1. The van der Waals surface area contributed by atoms with Crippen molar-refractivity contribution >= 4 is 10.0 Å². The Morgan fingerprint density at radius 1 is 1.17 bits per heavy atom. The highest BCUT2D eigenvalue weighted by Gasteiger charge is 2.16. The Kier molecular flexibility index (Phi) is 5.76. The highest BCUT2D eigenvalue weighted by atomic mass is 32.2. The molecule has 0 spiro atoms. The summed E-state index contributed by atoms with van der Waals surface area (Å²) in [5.74, 6) is 0.642. The van der Waals surface area contributed by atoms with Crippen LogP contribution in [0, 0.1) is 6.92 Å². The third kappa shape index (κ3) is 4.54. The molecule has 0 aliphatic carbocycles. The zero-order valence-electron chi connectivity index (χ0n) is 13.2. The zero-order valence-corrected chi connectivity index (χ0v) is 14.0. The van der Waals surface area contributed by atoms with Gasteiger partial charge in [0.2, 0.25) is 10.0 Å². The van der Waals surface area contributed by atoms with E-state index in [4.69, 9.17) is 4.74 Å². The van der Waals surface area contributed by atoms with Gasteiger partial charge in [-0.15, -0.1) is 0 Å². The van der Waals surface area contributed by atoms with Crippen molar-refractivity contribution in [1.29, 1.82) is 0 Å². The average Bonchev–Trinajstić information content (AvgIpc) is 2.55. The molecule has 6 heteroatoms. The van der Waals surface area contributed by atoms with E-state index in [-0.39, 0.29) is 11.4 Å². The second-order valence-electron chi connectivity index (χ2n) is 5.24. The van der Waals surface area contributed by atoms with Crippen molar-refractivity contribution in [2.24, 2.45) is 0 Å². The predicted octanol–water partition coefficient (Wildman–Crippen LogP) is 2.41. The van der Waals surface area contributed by atoms with Crippen LogP contribution in [0.15, 0.2) is 53.4 Å². The highest BCUT2D eigenvalue weighted by molar-refractivity contribution is 7.89. The first-order valence-electron chi connectivity index (χ1n) is 7.31. The maximum absolute atomic E-state index is 12.3. The van der Waals surface area contributed by atoms with E-state index in [0.29, 0.717) is 12.2 Å². The third-order valence-corrected chi connectivity index (χ3v) is 5.03. The summed E-state index contributed by atoms with van der Waals surface area (Å²) < 4.78 is 32.2. The van der Waals surface area contributed by atoms with Gasteiger partial charge in [-0.05, 0) is 42.7 Å². The molecule has 0 saturated heterocycles. The van der Waals surface area contributed by atoms with E-state index in [9.17, 15) is 13.5 Å². The van der Waals surface area contributed by atoms with Gasteiger partial charge in [0, 0.05) is 6.54 Å². The Morgan fingerprint density at radius 2 is 1.87 bits per heavy atom. The summed E-state index contributed by atoms with van der Waals surface area (Å²) in [6.07, 6.45) is -0.394. The molecule has 2 aromatic carbocycles. The van der Waals surface area contributed by atoms with Crippen molar-refractivity contribution in [2.45, 2.75) is 24.3 Å². The zero-order chi connectivity index (χ0) is 16.9. The van der Waals surface area contributed by atoms with Gasteiger partial charge >= 0.3 is 0 Å². The lowest BCUT2D eigenvalue weighted by molar-refractivity contribution is 0.169. The molecule has 0 aliphatic heterocycles. The monoisotopic (exact) mass is 335 g/mol. The van der Waals surface area contributed by atoms with Crippen molar-refractivity contribution in [3.05, 3.63) is 59.7 Å². The molecule has 0 bridgehead atoms. The molecule has 5 nitrogen and oxygen atoms in total. The van der Waals surface area contributed by atoms with Gasteiger partial charge in [0.15, 0.2) is 0 Å². The van der Waals surface area contributed by atoms with E-state index in [2.05, 4.69) is 4.72 Å². The number of sulfonamides is 1. The van der Waals surface area contributed by atoms with E-state index >= 15 is 0 Å². The molecular weight excluding hydrogens is 314 g/mol. The maximum atomic E-state index is 12.3. The lowest BCUT2D eigenvalue weighted by Crippen LogP contribution is -2.26. The van der Waals surface area contributed by atoms with Crippen LogP contribution in [0.4, 0.5) is 0 Å². The summed E-state index contributed by atoms with van der Waals surface area (Å²) >= 11 is 0. The Bertz CT molecular complexity index is 744. The first-order valence-corrected chi connectivity index (χ1v) is 8.79. The molecule has 2 aromatic rings. The van der Waals surface area contributed by atoms with Crippen LogP contribution in [0.5, 0.6) is 5.75 Å². The molecule has 2 N–H and O–H groups in total. The first-order chi connectivity index (χ1) is 10.9. The molecule has 0 heterocycles. The van der Waals surface area contributed by atoms with Gasteiger partial charge in [-0.25, -0.2) is 13.1 Å². The minimum atomic E-state index is -3.60. The molecule has 0 amide bonds. The lowest BCUT2D eigenvalue weighted by atomic mass is 10.1. The molecule has 23 heavy (non-hydrogen) atoms. The number of ether oxygens (including phenoxy) is 1. The van der Waals surface area contributed by atoms with Crippen molar-refractivity contribution < 1.29 is 18.3 Å². The minimum absolute atomic E-state index is 0.156. The SMILES string of the molecule is COc1ccc(S(=O)(=O)NCCC(O)c2ccccc2)cc1C.